The van der Waals surface area contributed by atoms with Crippen LogP contribution >= 0.6 is 0 Å². The van der Waals surface area contributed by atoms with E-state index in [9.17, 15) is 18.0 Å². The molecule has 0 aliphatic carbocycles. The number of hydrogen-bond donors (Lipinski definition) is 2. The molecule has 0 spiro atoms. The van der Waals surface area contributed by atoms with E-state index in [1.807, 2.05) is 6.07 Å². The summed E-state index contributed by atoms with van der Waals surface area (Å²) in [6, 6.07) is 12.5. The van der Waals surface area contributed by atoms with Crippen LogP contribution in [-0.4, -0.2) is 63.4 Å². The number of sulfonamides is 1. The van der Waals surface area contributed by atoms with Crippen molar-refractivity contribution in [2.45, 2.75) is 23.8 Å². The van der Waals surface area contributed by atoms with Gasteiger partial charge in [-0.05, 0) is 37.1 Å². The molecule has 2 N–H and O–H groups in total. The molecule has 2 aliphatic rings. The van der Waals surface area contributed by atoms with Gasteiger partial charge in [-0.2, -0.15) is 4.31 Å². The number of benzene rings is 2. The molecule has 0 aromatic heterocycles. The minimum Gasteiger partial charge on any atom is -0.486 e. The van der Waals surface area contributed by atoms with Crippen molar-refractivity contribution in [2.75, 3.05) is 32.8 Å². The predicted molar refractivity (Wildman–Crippen MR) is 116 cm³/mol. The Morgan fingerprint density at radius 3 is 2.47 bits per heavy atom. The Morgan fingerprint density at radius 1 is 0.969 bits per heavy atom. The summed E-state index contributed by atoms with van der Waals surface area (Å²) in [5.41, 5.74) is 0.534. The minimum absolute atomic E-state index is 0.0663. The van der Waals surface area contributed by atoms with Gasteiger partial charge in [0, 0.05) is 31.3 Å². The second kappa shape index (κ2) is 9.58. The summed E-state index contributed by atoms with van der Waals surface area (Å²) in [7, 11) is -3.88. The lowest BCUT2D eigenvalue weighted by atomic mass is 10.2. The summed E-state index contributed by atoms with van der Waals surface area (Å²) in [5, 5.41) is 5.46. The molecule has 170 valence electrons. The van der Waals surface area contributed by atoms with Gasteiger partial charge in [0.25, 0.3) is 5.91 Å². The third kappa shape index (κ3) is 4.71. The average molecular weight is 460 g/mol. The number of amides is 2. The molecule has 10 heteroatoms. The second-order valence-corrected chi connectivity index (χ2v) is 9.38. The first-order valence-corrected chi connectivity index (χ1v) is 11.9. The second-order valence-electron chi connectivity index (χ2n) is 7.49. The van der Waals surface area contributed by atoms with E-state index in [1.165, 1.54) is 16.4 Å². The Hall–Kier alpha value is -3.11. The number of carbonyl (C=O) groups is 2. The fraction of sp³-hybridized carbons (Fsp3) is 0.364. The van der Waals surface area contributed by atoms with Crippen LogP contribution in [0.25, 0.3) is 0 Å². The first kappa shape index (κ1) is 22.1. The van der Waals surface area contributed by atoms with Crippen LogP contribution in [0.5, 0.6) is 11.5 Å². The molecule has 0 radical (unpaired) electrons. The first-order valence-electron chi connectivity index (χ1n) is 10.5. The number of nitrogens with zero attached hydrogens (tertiary/aromatic N) is 1. The number of ether oxygens (including phenoxy) is 2. The van der Waals surface area contributed by atoms with Crippen molar-refractivity contribution in [1.29, 1.82) is 0 Å². The summed E-state index contributed by atoms with van der Waals surface area (Å²) in [6.45, 7) is 1.47. The van der Waals surface area contributed by atoms with Crippen LogP contribution in [0.3, 0.4) is 0 Å². The number of hydrogen-bond acceptors (Lipinski definition) is 6. The number of fused-ring (bicyclic) bond motifs is 1. The molecule has 1 fully saturated rings. The number of rotatable bonds is 7. The molecule has 2 amide bonds. The molecule has 2 aromatic rings. The molecular formula is C22H25N3O6S. The summed E-state index contributed by atoms with van der Waals surface area (Å²) in [6.07, 6.45) is 1.03. The molecule has 0 bridgehead atoms. The Labute approximate surface area is 186 Å². The van der Waals surface area contributed by atoms with Gasteiger partial charge in [-0.15, -0.1) is 0 Å². The van der Waals surface area contributed by atoms with E-state index in [0.29, 0.717) is 43.1 Å². The molecule has 1 saturated heterocycles. The molecule has 2 aliphatic heterocycles. The van der Waals surface area contributed by atoms with E-state index in [1.54, 1.807) is 30.3 Å². The summed E-state index contributed by atoms with van der Waals surface area (Å²) in [5.74, 6) is 0.274. The average Bonchev–Trinajstić information content (AvgIpc) is 3.33. The third-order valence-corrected chi connectivity index (χ3v) is 7.28. The predicted octanol–water partition coefficient (Wildman–Crippen LogP) is 1.16. The molecule has 2 heterocycles. The van der Waals surface area contributed by atoms with E-state index >= 15 is 0 Å². The van der Waals surface area contributed by atoms with E-state index in [0.717, 1.165) is 0 Å². The summed E-state index contributed by atoms with van der Waals surface area (Å²) < 4.78 is 38.6. The largest absolute Gasteiger partial charge is 0.486 e. The molecule has 0 saturated carbocycles. The van der Waals surface area contributed by atoms with Crippen molar-refractivity contribution in [1.82, 2.24) is 14.9 Å². The van der Waals surface area contributed by atoms with E-state index in [2.05, 4.69) is 10.6 Å². The van der Waals surface area contributed by atoms with Gasteiger partial charge < -0.3 is 20.1 Å². The molecule has 2 aromatic carbocycles. The van der Waals surface area contributed by atoms with Crippen LogP contribution in [0.4, 0.5) is 0 Å². The van der Waals surface area contributed by atoms with Crippen molar-refractivity contribution >= 4 is 21.8 Å². The zero-order chi connectivity index (χ0) is 22.6. The quantitative estimate of drug-likeness (QED) is 0.601. The van der Waals surface area contributed by atoms with E-state index < -0.39 is 16.1 Å². The molecular weight excluding hydrogens is 434 g/mol. The van der Waals surface area contributed by atoms with Gasteiger partial charge in [-0.25, -0.2) is 8.42 Å². The summed E-state index contributed by atoms with van der Waals surface area (Å²) in [4.78, 5) is 24.8. The van der Waals surface area contributed by atoms with Gasteiger partial charge in [0.15, 0.2) is 11.5 Å². The maximum Gasteiger partial charge on any atom is 0.251 e. The van der Waals surface area contributed by atoms with Gasteiger partial charge in [0.2, 0.25) is 15.9 Å². The van der Waals surface area contributed by atoms with Gasteiger partial charge in [-0.1, -0.05) is 18.2 Å². The van der Waals surface area contributed by atoms with Gasteiger partial charge >= 0.3 is 0 Å². The third-order valence-electron chi connectivity index (χ3n) is 5.37. The van der Waals surface area contributed by atoms with Crippen LogP contribution in [0.1, 0.15) is 23.2 Å². The van der Waals surface area contributed by atoms with Gasteiger partial charge in [-0.3, -0.25) is 9.59 Å². The molecule has 4 rings (SSSR count). The van der Waals surface area contributed by atoms with Crippen LogP contribution in [0.2, 0.25) is 0 Å². The Bertz CT molecular complexity index is 1090. The standard InChI is InChI=1S/C22H25N3O6S/c26-21(16-5-2-1-3-6-16)23-10-11-24-22(27)18-7-4-12-25(18)32(28,29)17-8-9-19-20(15-17)31-14-13-30-19/h1-3,5-6,8-9,15,18H,4,7,10-14H2,(H,23,26)(H,24,27). The molecule has 1 unspecified atom stereocenters. The van der Waals surface area contributed by atoms with Crippen molar-refractivity contribution in [3.05, 3.63) is 54.1 Å². The van der Waals surface area contributed by atoms with Crippen LogP contribution < -0.4 is 20.1 Å². The van der Waals surface area contributed by atoms with Crippen molar-refractivity contribution in [3.8, 4) is 11.5 Å². The number of carbonyl (C=O) groups excluding carboxylic acids is 2. The van der Waals surface area contributed by atoms with Crippen molar-refractivity contribution in [2.24, 2.45) is 0 Å². The molecule has 1 atom stereocenters. The van der Waals surface area contributed by atoms with Crippen LogP contribution in [-0.2, 0) is 14.8 Å². The zero-order valence-electron chi connectivity index (χ0n) is 17.5. The highest BCUT2D eigenvalue weighted by molar-refractivity contribution is 7.89. The highest BCUT2D eigenvalue weighted by Crippen LogP contribution is 2.34. The molecule has 32 heavy (non-hydrogen) atoms. The Morgan fingerprint density at radius 2 is 1.69 bits per heavy atom. The maximum atomic E-state index is 13.2. The topological polar surface area (TPSA) is 114 Å². The highest BCUT2D eigenvalue weighted by atomic mass is 32.2. The fourth-order valence-corrected chi connectivity index (χ4v) is 5.45. The SMILES string of the molecule is O=C(NCCNC(=O)C1CCCN1S(=O)(=O)c1ccc2c(c1)OCCO2)c1ccccc1. The van der Waals surface area contributed by atoms with Gasteiger partial charge in [0.05, 0.1) is 4.90 Å². The van der Waals surface area contributed by atoms with Crippen LogP contribution in [0, 0.1) is 0 Å². The normalized spacial score (nSPS) is 18.2. The Kier molecular flexibility index (Phi) is 6.61. The van der Waals surface area contributed by atoms with E-state index in [4.69, 9.17) is 9.47 Å². The van der Waals surface area contributed by atoms with Crippen molar-refractivity contribution in [3.63, 3.8) is 0 Å². The van der Waals surface area contributed by atoms with Crippen molar-refractivity contribution < 1.29 is 27.5 Å². The zero-order valence-corrected chi connectivity index (χ0v) is 18.3. The highest BCUT2D eigenvalue weighted by Gasteiger charge is 2.39. The lowest BCUT2D eigenvalue weighted by Gasteiger charge is -2.24. The fourth-order valence-electron chi connectivity index (χ4n) is 3.78. The first-order chi connectivity index (χ1) is 15.5. The molecule has 9 nitrogen and oxygen atoms in total. The number of nitrogens with one attached hydrogen (secondary N) is 2. The Balaban J connectivity index is 1.35. The lowest BCUT2D eigenvalue weighted by Crippen LogP contribution is -2.47. The maximum absolute atomic E-state index is 13.2. The monoisotopic (exact) mass is 459 g/mol. The van der Waals surface area contributed by atoms with E-state index in [-0.39, 0.29) is 36.3 Å². The smallest absolute Gasteiger partial charge is 0.251 e. The van der Waals surface area contributed by atoms with Crippen LogP contribution in [0.15, 0.2) is 53.4 Å². The minimum atomic E-state index is -3.88. The summed E-state index contributed by atoms with van der Waals surface area (Å²) >= 11 is 0. The lowest BCUT2D eigenvalue weighted by molar-refractivity contribution is -0.124. The van der Waals surface area contributed by atoms with Gasteiger partial charge in [0.1, 0.15) is 19.3 Å².